The van der Waals surface area contributed by atoms with E-state index < -0.39 is 5.82 Å². The third-order valence-electron chi connectivity index (χ3n) is 4.86. The van der Waals surface area contributed by atoms with Gasteiger partial charge in [-0.25, -0.2) is 14.4 Å². The van der Waals surface area contributed by atoms with Crippen LogP contribution in [0, 0.1) is 5.82 Å². The van der Waals surface area contributed by atoms with Crippen molar-refractivity contribution in [2.45, 2.75) is 6.54 Å². The number of para-hydroxylation sites is 1. The summed E-state index contributed by atoms with van der Waals surface area (Å²) in [7, 11) is 0. The highest BCUT2D eigenvalue weighted by Gasteiger charge is 2.25. The van der Waals surface area contributed by atoms with Crippen LogP contribution in [0.3, 0.4) is 0 Å². The van der Waals surface area contributed by atoms with Gasteiger partial charge in [0, 0.05) is 36.6 Å². The molecule has 1 aliphatic heterocycles. The van der Waals surface area contributed by atoms with Crippen LogP contribution in [0.5, 0.6) is 0 Å². The second kappa shape index (κ2) is 7.69. The molecule has 1 saturated heterocycles. The molecule has 8 heteroatoms. The van der Waals surface area contributed by atoms with Gasteiger partial charge >= 0.3 is 0 Å². The van der Waals surface area contributed by atoms with Gasteiger partial charge in [-0.05, 0) is 30.3 Å². The summed E-state index contributed by atoms with van der Waals surface area (Å²) in [5, 5.41) is 1.18. The molecule has 0 aliphatic carbocycles. The fraction of sp³-hybridized carbons (Fsp3) is 0.250. The lowest BCUT2D eigenvalue weighted by atomic mass is 10.1. The number of nitrogens with two attached hydrogens (primary N) is 1. The zero-order valence-corrected chi connectivity index (χ0v) is 15.9. The number of amides is 1. The number of carbonyl (C=O) groups is 1. The van der Waals surface area contributed by atoms with Crippen LogP contribution in [0.2, 0.25) is 5.02 Å². The van der Waals surface area contributed by atoms with Gasteiger partial charge < -0.3 is 10.6 Å². The fourth-order valence-electron chi connectivity index (χ4n) is 3.36. The molecule has 2 heterocycles. The van der Waals surface area contributed by atoms with E-state index in [4.69, 9.17) is 17.3 Å². The van der Waals surface area contributed by atoms with Gasteiger partial charge in [-0.15, -0.1) is 0 Å². The number of benzene rings is 2. The van der Waals surface area contributed by atoms with Crippen LogP contribution in [-0.4, -0.2) is 51.9 Å². The second-order valence-electron chi connectivity index (χ2n) is 6.73. The lowest BCUT2D eigenvalue weighted by Crippen LogP contribution is -2.48. The van der Waals surface area contributed by atoms with Crippen molar-refractivity contribution in [2.24, 2.45) is 0 Å². The number of aromatic nitrogens is 2. The smallest absolute Gasteiger partial charge is 0.256 e. The van der Waals surface area contributed by atoms with Crippen LogP contribution in [0.15, 0.2) is 42.5 Å². The summed E-state index contributed by atoms with van der Waals surface area (Å²) in [6.07, 6.45) is 0. The molecule has 6 nitrogen and oxygen atoms in total. The molecule has 1 fully saturated rings. The zero-order chi connectivity index (χ0) is 19.7. The molecule has 4 rings (SSSR count). The van der Waals surface area contributed by atoms with Crippen molar-refractivity contribution in [3.63, 3.8) is 0 Å². The van der Waals surface area contributed by atoms with Crippen molar-refractivity contribution in [1.29, 1.82) is 0 Å². The monoisotopic (exact) mass is 399 g/mol. The van der Waals surface area contributed by atoms with Crippen LogP contribution >= 0.6 is 11.6 Å². The minimum atomic E-state index is -0.558. The minimum absolute atomic E-state index is 0.00610. The van der Waals surface area contributed by atoms with E-state index in [1.807, 2.05) is 24.3 Å². The number of halogens is 2. The summed E-state index contributed by atoms with van der Waals surface area (Å²) >= 11 is 5.90. The topological polar surface area (TPSA) is 75.3 Å². The molecule has 0 atom stereocenters. The molecule has 0 spiro atoms. The number of anilines is 1. The molecule has 1 amide bonds. The summed E-state index contributed by atoms with van der Waals surface area (Å²) in [6.45, 7) is 2.82. The molecule has 0 bridgehead atoms. The van der Waals surface area contributed by atoms with Crippen molar-refractivity contribution in [1.82, 2.24) is 19.8 Å². The normalized spacial score (nSPS) is 15.1. The molecule has 1 aliphatic rings. The SMILES string of the molecule is Nc1nc(CN2CCN(C(=O)c3cc(Cl)ccc3F)CC2)nc2ccccc12. The largest absolute Gasteiger partial charge is 0.383 e. The van der Waals surface area contributed by atoms with Gasteiger partial charge in [-0.1, -0.05) is 23.7 Å². The van der Waals surface area contributed by atoms with Crippen LogP contribution in [0.4, 0.5) is 10.2 Å². The van der Waals surface area contributed by atoms with Crippen molar-refractivity contribution in [2.75, 3.05) is 31.9 Å². The van der Waals surface area contributed by atoms with E-state index in [0.29, 0.717) is 49.4 Å². The Kier molecular flexibility index (Phi) is 5.11. The van der Waals surface area contributed by atoms with Crippen molar-refractivity contribution >= 4 is 34.2 Å². The first-order valence-corrected chi connectivity index (χ1v) is 9.37. The molecule has 0 radical (unpaired) electrons. The maximum Gasteiger partial charge on any atom is 0.256 e. The van der Waals surface area contributed by atoms with Crippen molar-refractivity contribution < 1.29 is 9.18 Å². The number of rotatable bonds is 3. The predicted octanol–water partition coefficient (Wildman–Crippen LogP) is 2.96. The van der Waals surface area contributed by atoms with Gasteiger partial charge in [0.1, 0.15) is 17.5 Å². The Morgan fingerprint density at radius 2 is 1.86 bits per heavy atom. The molecule has 3 aromatic rings. The number of hydrogen-bond donors (Lipinski definition) is 1. The maximum atomic E-state index is 14.0. The van der Waals surface area contributed by atoms with Gasteiger partial charge in [-0.2, -0.15) is 0 Å². The van der Waals surface area contributed by atoms with Gasteiger partial charge in [0.2, 0.25) is 0 Å². The van der Waals surface area contributed by atoms with E-state index in [2.05, 4.69) is 14.9 Å². The first kappa shape index (κ1) is 18.6. The highest BCUT2D eigenvalue weighted by molar-refractivity contribution is 6.31. The van der Waals surface area contributed by atoms with Gasteiger partial charge in [-0.3, -0.25) is 9.69 Å². The van der Waals surface area contributed by atoms with Crippen LogP contribution in [-0.2, 0) is 6.54 Å². The second-order valence-corrected chi connectivity index (χ2v) is 7.17. The van der Waals surface area contributed by atoms with E-state index in [9.17, 15) is 9.18 Å². The van der Waals surface area contributed by atoms with Crippen LogP contribution in [0.1, 0.15) is 16.2 Å². The minimum Gasteiger partial charge on any atom is -0.383 e. The average Bonchev–Trinajstić information content (AvgIpc) is 2.70. The number of hydrogen-bond acceptors (Lipinski definition) is 5. The fourth-order valence-corrected chi connectivity index (χ4v) is 3.53. The third kappa shape index (κ3) is 3.76. The van der Waals surface area contributed by atoms with Crippen LogP contribution < -0.4 is 5.73 Å². The lowest BCUT2D eigenvalue weighted by molar-refractivity contribution is 0.0621. The number of piperazine rings is 1. The Hall–Kier alpha value is -2.77. The first-order chi connectivity index (χ1) is 13.5. The summed E-state index contributed by atoms with van der Waals surface area (Å²) in [4.78, 5) is 25.4. The predicted molar refractivity (Wildman–Crippen MR) is 107 cm³/mol. The molecular weight excluding hydrogens is 381 g/mol. The first-order valence-electron chi connectivity index (χ1n) is 8.99. The van der Waals surface area contributed by atoms with E-state index in [1.165, 1.54) is 18.2 Å². The highest BCUT2D eigenvalue weighted by atomic mass is 35.5. The van der Waals surface area contributed by atoms with Crippen molar-refractivity contribution in [3.8, 4) is 0 Å². The number of fused-ring (bicyclic) bond motifs is 1. The highest BCUT2D eigenvalue weighted by Crippen LogP contribution is 2.20. The zero-order valence-electron chi connectivity index (χ0n) is 15.1. The van der Waals surface area contributed by atoms with E-state index in [1.54, 1.807) is 4.90 Å². The van der Waals surface area contributed by atoms with Crippen molar-refractivity contribution in [3.05, 3.63) is 64.7 Å². The molecule has 28 heavy (non-hydrogen) atoms. The lowest BCUT2D eigenvalue weighted by Gasteiger charge is -2.34. The number of nitrogens with zero attached hydrogens (tertiary/aromatic N) is 4. The molecule has 144 valence electrons. The Morgan fingerprint density at radius 3 is 2.64 bits per heavy atom. The Labute approximate surface area is 166 Å². The Morgan fingerprint density at radius 1 is 1.11 bits per heavy atom. The molecule has 1 aromatic heterocycles. The Balaban J connectivity index is 1.42. The van der Waals surface area contributed by atoms with E-state index in [0.717, 1.165) is 10.9 Å². The van der Waals surface area contributed by atoms with Gasteiger partial charge in [0.05, 0.1) is 17.6 Å². The maximum absolute atomic E-state index is 14.0. The molecule has 0 saturated carbocycles. The van der Waals surface area contributed by atoms with Crippen LogP contribution in [0.25, 0.3) is 10.9 Å². The quantitative estimate of drug-likeness (QED) is 0.732. The summed E-state index contributed by atoms with van der Waals surface area (Å²) < 4.78 is 14.0. The summed E-state index contributed by atoms with van der Waals surface area (Å²) in [5.74, 6) is 0.213. The summed E-state index contributed by atoms with van der Waals surface area (Å²) in [6, 6.07) is 11.6. The third-order valence-corrected chi connectivity index (χ3v) is 5.10. The van der Waals surface area contributed by atoms with E-state index >= 15 is 0 Å². The summed E-state index contributed by atoms with van der Waals surface area (Å²) in [5.41, 5.74) is 6.87. The molecular formula is C20H19ClFN5O. The Bertz CT molecular complexity index is 1040. The van der Waals surface area contributed by atoms with E-state index in [-0.39, 0.29) is 11.5 Å². The van der Waals surface area contributed by atoms with Gasteiger partial charge in [0.25, 0.3) is 5.91 Å². The average molecular weight is 400 g/mol. The number of carbonyl (C=O) groups excluding carboxylic acids is 1. The molecule has 2 N–H and O–H groups in total. The molecule has 2 aromatic carbocycles. The molecule has 0 unspecified atom stereocenters. The number of nitrogen functional groups attached to an aromatic ring is 1. The van der Waals surface area contributed by atoms with Gasteiger partial charge in [0.15, 0.2) is 0 Å². The standard InChI is InChI=1S/C20H19ClFN5O/c21-13-5-6-16(22)15(11-13)20(28)27-9-7-26(8-10-27)12-18-24-17-4-2-1-3-14(17)19(23)25-18/h1-6,11H,7-10,12H2,(H2,23,24,25).